The Morgan fingerprint density at radius 2 is 1.50 bits per heavy atom. The van der Waals surface area contributed by atoms with Crippen LogP contribution in [0.1, 0.15) is 5.56 Å². The Bertz CT molecular complexity index is 622. The molecule has 0 spiro atoms. The number of hydrogen-bond acceptors (Lipinski definition) is 3. The Balaban J connectivity index is 2.40. The average molecular weight is 262 g/mol. The highest BCUT2D eigenvalue weighted by Crippen LogP contribution is 2.20. The molecular formula is C13H14N2O2S. The van der Waals surface area contributed by atoms with E-state index in [0.29, 0.717) is 5.69 Å². The van der Waals surface area contributed by atoms with Crippen LogP contribution in [0.4, 0.5) is 5.69 Å². The molecule has 0 saturated carbocycles. The van der Waals surface area contributed by atoms with Gasteiger partial charge in [-0.15, -0.1) is 0 Å². The zero-order valence-electron chi connectivity index (χ0n) is 9.95. The minimum Gasteiger partial charge on any atom is -0.233 e. The molecule has 0 heterocycles. The number of aryl methyl sites for hydroxylation is 1. The molecule has 2 N–H and O–H groups in total. The first kappa shape index (κ1) is 12.6. The van der Waals surface area contributed by atoms with Crippen LogP contribution in [-0.2, 0) is 10.0 Å². The molecule has 5 heteroatoms. The second kappa shape index (κ2) is 4.80. The van der Waals surface area contributed by atoms with Crippen LogP contribution in [0, 0.1) is 6.92 Å². The Morgan fingerprint density at radius 1 is 0.944 bits per heavy atom. The number of para-hydroxylation sites is 1. The Hall–Kier alpha value is -1.85. The lowest BCUT2D eigenvalue weighted by molar-refractivity contribution is 0.592. The summed E-state index contributed by atoms with van der Waals surface area (Å²) in [5.74, 6) is 5.69. The van der Waals surface area contributed by atoms with Gasteiger partial charge < -0.3 is 0 Å². The normalized spacial score (nSPS) is 11.2. The van der Waals surface area contributed by atoms with Crippen molar-refractivity contribution in [3.63, 3.8) is 0 Å². The van der Waals surface area contributed by atoms with Gasteiger partial charge in [0.2, 0.25) is 0 Å². The van der Waals surface area contributed by atoms with E-state index in [1.54, 1.807) is 54.6 Å². The fourth-order valence-corrected chi connectivity index (χ4v) is 2.64. The molecule has 0 aliphatic carbocycles. The first-order valence-corrected chi connectivity index (χ1v) is 6.87. The molecule has 0 saturated heterocycles. The zero-order chi connectivity index (χ0) is 13.2. The Morgan fingerprint density at radius 3 is 2.06 bits per heavy atom. The van der Waals surface area contributed by atoms with E-state index < -0.39 is 10.0 Å². The number of hydrogen-bond donors (Lipinski definition) is 1. The highest BCUT2D eigenvalue weighted by molar-refractivity contribution is 7.92. The van der Waals surface area contributed by atoms with E-state index in [0.717, 1.165) is 9.98 Å². The average Bonchev–Trinajstić information content (AvgIpc) is 2.39. The van der Waals surface area contributed by atoms with E-state index in [1.807, 2.05) is 6.92 Å². The largest absolute Gasteiger partial charge is 0.277 e. The SMILES string of the molecule is Cc1ccc(S(=O)(=O)N(N)c2ccccc2)cc1. The minimum absolute atomic E-state index is 0.180. The lowest BCUT2D eigenvalue weighted by Crippen LogP contribution is -2.37. The number of anilines is 1. The number of rotatable bonds is 3. The Labute approximate surface area is 107 Å². The van der Waals surface area contributed by atoms with Crippen LogP contribution in [0.3, 0.4) is 0 Å². The molecule has 2 aromatic carbocycles. The van der Waals surface area contributed by atoms with Crippen molar-refractivity contribution in [2.45, 2.75) is 11.8 Å². The number of benzene rings is 2. The fraction of sp³-hybridized carbons (Fsp3) is 0.0769. The quantitative estimate of drug-likeness (QED) is 0.680. The standard InChI is InChI=1S/C13H14N2O2S/c1-11-7-9-13(10-8-11)18(16,17)15(14)12-5-3-2-4-6-12/h2-10H,14H2,1H3. The summed E-state index contributed by atoms with van der Waals surface area (Å²) in [5.41, 5.74) is 1.43. The van der Waals surface area contributed by atoms with E-state index in [1.165, 1.54) is 0 Å². The molecule has 0 bridgehead atoms. The number of nitrogens with two attached hydrogens (primary N) is 1. The summed E-state index contributed by atoms with van der Waals surface area (Å²) in [6.45, 7) is 1.90. The maximum absolute atomic E-state index is 12.2. The number of sulfonamides is 1. The molecule has 0 amide bonds. The predicted octanol–water partition coefficient (Wildman–Crippen LogP) is 2.06. The minimum atomic E-state index is -3.70. The lowest BCUT2D eigenvalue weighted by Gasteiger charge is -2.18. The van der Waals surface area contributed by atoms with E-state index in [-0.39, 0.29) is 4.90 Å². The van der Waals surface area contributed by atoms with Gasteiger partial charge in [0.05, 0.1) is 10.6 Å². The van der Waals surface area contributed by atoms with E-state index in [4.69, 9.17) is 5.84 Å². The van der Waals surface area contributed by atoms with Crippen molar-refractivity contribution in [1.29, 1.82) is 0 Å². The topological polar surface area (TPSA) is 63.4 Å². The molecule has 2 aromatic rings. The van der Waals surface area contributed by atoms with Crippen molar-refractivity contribution >= 4 is 15.7 Å². The van der Waals surface area contributed by atoms with Crippen LogP contribution < -0.4 is 10.3 Å². The molecule has 18 heavy (non-hydrogen) atoms. The highest BCUT2D eigenvalue weighted by Gasteiger charge is 2.21. The van der Waals surface area contributed by atoms with Crippen LogP contribution in [0.2, 0.25) is 0 Å². The van der Waals surface area contributed by atoms with Crippen molar-refractivity contribution in [1.82, 2.24) is 0 Å². The first-order chi connectivity index (χ1) is 8.51. The molecule has 94 valence electrons. The fourth-order valence-electron chi connectivity index (χ4n) is 1.54. The lowest BCUT2D eigenvalue weighted by atomic mass is 10.2. The van der Waals surface area contributed by atoms with Gasteiger partial charge in [-0.2, -0.15) is 8.42 Å². The molecular weight excluding hydrogens is 248 g/mol. The predicted molar refractivity (Wildman–Crippen MR) is 71.5 cm³/mol. The third-order valence-electron chi connectivity index (χ3n) is 2.59. The molecule has 4 nitrogen and oxygen atoms in total. The smallest absolute Gasteiger partial charge is 0.233 e. The molecule has 0 fully saturated rings. The van der Waals surface area contributed by atoms with Gasteiger partial charge in [-0.05, 0) is 31.2 Å². The molecule has 0 unspecified atom stereocenters. The van der Waals surface area contributed by atoms with Crippen LogP contribution in [-0.4, -0.2) is 8.42 Å². The summed E-state index contributed by atoms with van der Waals surface area (Å²) in [5, 5.41) is 0. The van der Waals surface area contributed by atoms with Gasteiger partial charge in [0.25, 0.3) is 10.0 Å². The van der Waals surface area contributed by atoms with Crippen LogP contribution in [0.25, 0.3) is 0 Å². The zero-order valence-corrected chi connectivity index (χ0v) is 10.8. The van der Waals surface area contributed by atoms with E-state index >= 15 is 0 Å². The number of nitrogens with zero attached hydrogens (tertiary/aromatic N) is 1. The highest BCUT2D eigenvalue weighted by atomic mass is 32.2. The summed E-state index contributed by atoms with van der Waals surface area (Å²) >= 11 is 0. The third-order valence-corrected chi connectivity index (χ3v) is 4.19. The second-order valence-electron chi connectivity index (χ2n) is 3.95. The van der Waals surface area contributed by atoms with Crippen molar-refractivity contribution < 1.29 is 8.42 Å². The molecule has 0 aliphatic heterocycles. The van der Waals surface area contributed by atoms with Crippen LogP contribution in [0.15, 0.2) is 59.5 Å². The maximum atomic E-state index is 12.2. The van der Waals surface area contributed by atoms with Gasteiger partial charge in [-0.25, -0.2) is 10.3 Å². The second-order valence-corrected chi connectivity index (χ2v) is 5.76. The van der Waals surface area contributed by atoms with Gasteiger partial charge in [-0.3, -0.25) is 0 Å². The van der Waals surface area contributed by atoms with E-state index in [9.17, 15) is 8.42 Å². The van der Waals surface area contributed by atoms with Gasteiger partial charge in [0, 0.05) is 0 Å². The molecule has 0 aromatic heterocycles. The first-order valence-electron chi connectivity index (χ1n) is 5.43. The summed E-state index contributed by atoms with van der Waals surface area (Å²) in [6, 6.07) is 15.1. The van der Waals surface area contributed by atoms with Gasteiger partial charge in [0.15, 0.2) is 0 Å². The third kappa shape index (κ3) is 2.37. The van der Waals surface area contributed by atoms with Crippen molar-refractivity contribution in [3.05, 3.63) is 60.2 Å². The molecule has 2 rings (SSSR count). The van der Waals surface area contributed by atoms with Gasteiger partial charge in [-0.1, -0.05) is 35.9 Å². The maximum Gasteiger partial charge on any atom is 0.277 e. The monoisotopic (exact) mass is 262 g/mol. The Kier molecular flexibility index (Phi) is 3.36. The van der Waals surface area contributed by atoms with Crippen LogP contribution >= 0.6 is 0 Å². The van der Waals surface area contributed by atoms with Crippen molar-refractivity contribution in [3.8, 4) is 0 Å². The van der Waals surface area contributed by atoms with Gasteiger partial charge >= 0.3 is 0 Å². The molecule has 0 aliphatic rings. The van der Waals surface area contributed by atoms with Crippen LogP contribution in [0.5, 0.6) is 0 Å². The summed E-state index contributed by atoms with van der Waals surface area (Å²) in [4.78, 5) is 0.180. The molecule has 0 radical (unpaired) electrons. The summed E-state index contributed by atoms with van der Waals surface area (Å²) in [7, 11) is -3.70. The van der Waals surface area contributed by atoms with Gasteiger partial charge in [0.1, 0.15) is 0 Å². The summed E-state index contributed by atoms with van der Waals surface area (Å²) < 4.78 is 25.3. The number of hydrazine groups is 1. The summed E-state index contributed by atoms with van der Waals surface area (Å²) in [6.07, 6.45) is 0. The van der Waals surface area contributed by atoms with E-state index in [2.05, 4.69) is 0 Å². The van der Waals surface area contributed by atoms with Crippen molar-refractivity contribution in [2.75, 3.05) is 4.41 Å². The van der Waals surface area contributed by atoms with Crippen molar-refractivity contribution in [2.24, 2.45) is 5.84 Å². The molecule has 0 atom stereocenters.